The molecule has 0 bridgehead atoms. The lowest BCUT2D eigenvalue weighted by Gasteiger charge is -2.19. The fraction of sp³-hybridized carbons (Fsp3) is 0.714. The molecular formula is C14H25N3S. The summed E-state index contributed by atoms with van der Waals surface area (Å²) in [6, 6.07) is 5.30. The normalized spacial score (nSPS) is 21.0. The van der Waals surface area contributed by atoms with E-state index in [0.717, 1.165) is 25.7 Å². The number of rotatable bonds is 6. The van der Waals surface area contributed by atoms with Gasteiger partial charge in [0.05, 0.1) is 0 Å². The Labute approximate surface area is 115 Å². The van der Waals surface area contributed by atoms with Crippen LogP contribution in [0.25, 0.3) is 0 Å². The zero-order valence-electron chi connectivity index (χ0n) is 11.8. The fourth-order valence-electron chi connectivity index (χ4n) is 2.45. The van der Waals surface area contributed by atoms with Crippen molar-refractivity contribution in [2.75, 3.05) is 33.7 Å². The van der Waals surface area contributed by atoms with Crippen molar-refractivity contribution in [3.8, 4) is 0 Å². The third-order valence-corrected chi connectivity index (χ3v) is 4.69. The van der Waals surface area contributed by atoms with Crippen LogP contribution in [0.5, 0.6) is 0 Å². The van der Waals surface area contributed by atoms with Gasteiger partial charge in [-0.2, -0.15) is 0 Å². The topological polar surface area (TPSA) is 18.5 Å². The SMILES string of the molecule is CCNCc1ccc(CN2CCC(N(C)C)C2)s1. The second kappa shape index (κ2) is 6.66. The first-order valence-corrected chi connectivity index (χ1v) is 7.67. The van der Waals surface area contributed by atoms with Crippen molar-refractivity contribution in [1.82, 2.24) is 15.1 Å². The molecule has 2 heterocycles. The van der Waals surface area contributed by atoms with Crippen LogP contribution in [-0.4, -0.2) is 49.6 Å². The molecule has 1 fully saturated rings. The molecule has 1 unspecified atom stereocenters. The van der Waals surface area contributed by atoms with Gasteiger partial charge >= 0.3 is 0 Å². The summed E-state index contributed by atoms with van der Waals surface area (Å²) in [5.41, 5.74) is 0. The van der Waals surface area contributed by atoms with Crippen molar-refractivity contribution < 1.29 is 0 Å². The van der Waals surface area contributed by atoms with Crippen LogP contribution in [0.2, 0.25) is 0 Å². The quantitative estimate of drug-likeness (QED) is 0.850. The van der Waals surface area contributed by atoms with Crippen LogP contribution in [0.3, 0.4) is 0 Å². The van der Waals surface area contributed by atoms with Gasteiger partial charge in [0, 0.05) is 42.0 Å². The van der Waals surface area contributed by atoms with E-state index in [4.69, 9.17) is 0 Å². The van der Waals surface area contributed by atoms with Gasteiger partial charge in [0.1, 0.15) is 0 Å². The molecule has 102 valence electrons. The molecule has 0 radical (unpaired) electrons. The van der Waals surface area contributed by atoms with E-state index in [0.29, 0.717) is 0 Å². The Bertz CT molecular complexity index is 362. The number of hydrogen-bond acceptors (Lipinski definition) is 4. The number of thiophene rings is 1. The second-order valence-corrected chi connectivity index (χ2v) is 6.54. The fourth-order valence-corrected chi connectivity index (χ4v) is 3.48. The van der Waals surface area contributed by atoms with Gasteiger partial charge in [-0.05, 0) is 39.2 Å². The van der Waals surface area contributed by atoms with E-state index in [2.05, 4.69) is 48.3 Å². The van der Waals surface area contributed by atoms with Crippen molar-refractivity contribution in [2.45, 2.75) is 32.5 Å². The third kappa shape index (κ3) is 3.79. The highest BCUT2D eigenvalue weighted by molar-refractivity contribution is 7.11. The van der Waals surface area contributed by atoms with Crippen molar-refractivity contribution in [3.63, 3.8) is 0 Å². The molecular weight excluding hydrogens is 242 g/mol. The van der Waals surface area contributed by atoms with Gasteiger partial charge in [-0.15, -0.1) is 11.3 Å². The number of hydrogen-bond donors (Lipinski definition) is 1. The first-order chi connectivity index (χ1) is 8.69. The summed E-state index contributed by atoms with van der Waals surface area (Å²) >= 11 is 1.95. The van der Waals surface area contributed by atoms with Gasteiger partial charge in [-0.1, -0.05) is 6.92 Å². The third-order valence-electron chi connectivity index (χ3n) is 3.62. The Hall–Kier alpha value is -0.420. The van der Waals surface area contributed by atoms with Crippen LogP contribution < -0.4 is 5.32 Å². The van der Waals surface area contributed by atoms with Gasteiger partial charge in [0.2, 0.25) is 0 Å². The minimum Gasteiger partial charge on any atom is -0.312 e. The highest BCUT2D eigenvalue weighted by Gasteiger charge is 2.23. The summed E-state index contributed by atoms with van der Waals surface area (Å²) in [6.45, 7) is 7.80. The van der Waals surface area contributed by atoms with E-state index < -0.39 is 0 Å². The summed E-state index contributed by atoms with van der Waals surface area (Å²) in [4.78, 5) is 7.89. The van der Waals surface area contributed by atoms with Crippen molar-refractivity contribution >= 4 is 11.3 Å². The molecule has 4 heteroatoms. The number of nitrogens with zero attached hydrogens (tertiary/aromatic N) is 2. The monoisotopic (exact) mass is 267 g/mol. The molecule has 2 rings (SSSR count). The van der Waals surface area contributed by atoms with Crippen molar-refractivity contribution in [1.29, 1.82) is 0 Å². The zero-order valence-corrected chi connectivity index (χ0v) is 12.6. The standard InChI is InChI=1S/C14H25N3S/c1-4-15-9-13-5-6-14(18-13)11-17-8-7-12(10-17)16(2)3/h5-6,12,15H,4,7-11H2,1-3H3. The first kappa shape index (κ1) is 14.0. The molecule has 0 aliphatic carbocycles. The van der Waals surface area contributed by atoms with Gasteiger partial charge in [-0.3, -0.25) is 4.90 Å². The van der Waals surface area contributed by atoms with Crippen LogP contribution in [0, 0.1) is 0 Å². The maximum atomic E-state index is 3.38. The molecule has 1 aromatic heterocycles. The smallest absolute Gasteiger partial charge is 0.0328 e. The molecule has 0 amide bonds. The Morgan fingerprint density at radius 3 is 2.83 bits per heavy atom. The van der Waals surface area contributed by atoms with Gasteiger partial charge in [0.15, 0.2) is 0 Å². The molecule has 1 N–H and O–H groups in total. The maximum absolute atomic E-state index is 3.38. The highest BCUT2D eigenvalue weighted by Crippen LogP contribution is 2.21. The molecule has 0 saturated carbocycles. The van der Waals surface area contributed by atoms with E-state index >= 15 is 0 Å². The summed E-state index contributed by atoms with van der Waals surface area (Å²) in [7, 11) is 4.38. The van der Waals surface area contributed by atoms with Gasteiger partial charge < -0.3 is 10.2 Å². The lowest BCUT2D eigenvalue weighted by Crippen LogP contribution is -2.31. The largest absolute Gasteiger partial charge is 0.312 e. The molecule has 1 aliphatic rings. The van der Waals surface area contributed by atoms with Crippen molar-refractivity contribution in [3.05, 3.63) is 21.9 Å². The second-order valence-electron chi connectivity index (χ2n) is 5.29. The number of likely N-dealkylation sites (tertiary alicyclic amines) is 1. The average Bonchev–Trinajstić information content (AvgIpc) is 2.96. The maximum Gasteiger partial charge on any atom is 0.0328 e. The van der Waals surface area contributed by atoms with E-state index in [-0.39, 0.29) is 0 Å². The minimum atomic E-state index is 0.742. The lowest BCUT2D eigenvalue weighted by molar-refractivity contribution is 0.266. The Kier molecular flexibility index (Phi) is 5.18. The predicted molar refractivity (Wildman–Crippen MR) is 79.1 cm³/mol. The lowest BCUT2D eigenvalue weighted by atomic mass is 10.2. The summed E-state index contributed by atoms with van der Waals surface area (Å²) in [5.74, 6) is 0. The minimum absolute atomic E-state index is 0.742. The molecule has 1 atom stereocenters. The number of nitrogens with one attached hydrogen (secondary N) is 1. The molecule has 0 spiro atoms. The molecule has 1 aliphatic heterocycles. The Morgan fingerprint density at radius 1 is 1.39 bits per heavy atom. The van der Waals surface area contributed by atoms with Crippen LogP contribution in [0.15, 0.2) is 12.1 Å². The Balaban J connectivity index is 1.81. The average molecular weight is 267 g/mol. The molecule has 1 saturated heterocycles. The summed E-state index contributed by atoms with van der Waals surface area (Å²) in [6.07, 6.45) is 1.31. The molecule has 18 heavy (non-hydrogen) atoms. The van der Waals surface area contributed by atoms with E-state index in [1.54, 1.807) is 0 Å². The van der Waals surface area contributed by atoms with Crippen LogP contribution in [0.1, 0.15) is 23.1 Å². The summed E-state index contributed by atoms with van der Waals surface area (Å²) in [5, 5.41) is 3.38. The van der Waals surface area contributed by atoms with E-state index in [9.17, 15) is 0 Å². The first-order valence-electron chi connectivity index (χ1n) is 6.86. The van der Waals surface area contributed by atoms with Gasteiger partial charge in [-0.25, -0.2) is 0 Å². The van der Waals surface area contributed by atoms with Gasteiger partial charge in [0.25, 0.3) is 0 Å². The zero-order chi connectivity index (χ0) is 13.0. The van der Waals surface area contributed by atoms with Crippen LogP contribution in [0.4, 0.5) is 0 Å². The highest BCUT2D eigenvalue weighted by atomic mass is 32.1. The summed E-state index contributed by atoms with van der Waals surface area (Å²) < 4.78 is 0. The number of likely N-dealkylation sites (N-methyl/N-ethyl adjacent to an activating group) is 1. The van der Waals surface area contributed by atoms with E-state index in [1.165, 1.54) is 29.3 Å². The van der Waals surface area contributed by atoms with Crippen molar-refractivity contribution in [2.24, 2.45) is 0 Å². The predicted octanol–water partition coefficient (Wildman–Crippen LogP) is 1.99. The molecule has 0 aromatic carbocycles. The molecule has 1 aromatic rings. The van der Waals surface area contributed by atoms with E-state index in [1.807, 2.05) is 11.3 Å². The van der Waals surface area contributed by atoms with Crippen LogP contribution in [-0.2, 0) is 13.1 Å². The molecule has 3 nitrogen and oxygen atoms in total. The Morgan fingerprint density at radius 2 is 2.17 bits per heavy atom. The van der Waals surface area contributed by atoms with Crippen LogP contribution >= 0.6 is 11.3 Å².